The Morgan fingerprint density at radius 1 is 1.35 bits per heavy atom. The number of nitriles is 1. The van der Waals surface area contributed by atoms with E-state index < -0.39 is 0 Å². The molecule has 0 bridgehead atoms. The molecule has 1 aromatic carbocycles. The molecule has 2 rings (SSSR count). The normalized spacial score (nSPS) is 9.27. The highest BCUT2D eigenvalue weighted by molar-refractivity contribution is 5.78. The van der Waals surface area contributed by atoms with Crippen molar-refractivity contribution in [2.24, 2.45) is 0 Å². The number of anilines is 1. The Labute approximate surface area is 154 Å². The van der Waals surface area contributed by atoms with E-state index in [2.05, 4.69) is 23.8 Å². The first kappa shape index (κ1) is 20.9. The predicted octanol–water partition coefficient (Wildman–Crippen LogP) is 2.87. The van der Waals surface area contributed by atoms with Crippen LogP contribution in [0, 0.1) is 11.3 Å². The fourth-order valence-corrected chi connectivity index (χ4v) is 1.83. The van der Waals surface area contributed by atoms with Gasteiger partial charge >= 0.3 is 0 Å². The Kier molecular flexibility index (Phi) is 9.82. The third kappa shape index (κ3) is 8.08. The van der Waals surface area contributed by atoms with Gasteiger partial charge in [-0.2, -0.15) is 5.26 Å². The van der Waals surface area contributed by atoms with Crippen molar-refractivity contribution in [2.45, 2.75) is 13.5 Å². The van der Waals surface area contributed by atoms with Crippen LogP contribution in [-0.2, 0) is 16.1 Å². The van der Waals surface area contributed by atoms with Crippen LogP contribution in [-0.4, -0.2) is 31.1 Å². The summed E-state index contributed by atoms with van der Waals surface area (Å²) in [4.78, 5) is 17.1. The van der Waals surface area contributed by atoms with Crippen LogP contribution in [0.4, 0.5) is 5.82 Å². The summed E-state index contributed by atoms with van der Waals surface area (Å²) in [5, 5.41) is 11.0. The molecule has 6 heteroatoms. The molecule has 0 unspecified atom stereocenters. The van der Waals surface area contributed by atoms with Crippen LogP contribution in [0.1, 0.15) is 18.1 Å². The van der Waals surface area contributed by atoms with Crippen LogP contribution < -0.4 is 10.2 Å². The summed E-state index contributed by atoms with van der Waals surface area (Å²) < 4.78 is 5.17. The molecule has 1 heterocycles. The zero-order valence-corrected chi connectivity index (χ0v) is 15.2. The van der Waals surface area contributed by atoms with Crippen LogP contribution in [0.25, 0.3) is 0 Å². The van der Waals surface area contributed by atoms with E-state index in [1.807, 2.05) is 54.4 Å². The van der Waals surface area contributed by atoms with Gasteiger partial charge in [-0.25, -0.2) is 4.98 Å². The number of rotatable bonds is 7. The lowest BCUT2D eigenvalue weighted by Gasteiger charge is -2.14. The van der Waals surface area contributed by atoms with E-state index in [4.69, 9.17) is 10.00 Å². The number of carbonyl (C=O) groups excluding carboxylic acids is 1. The molecule has 0 saturated carbocycles. The molecule has 0 aliphatic rings. The molecule has 0 radical (unpaired) electrons. The van der Waals surface area contributed by atoms with Gasteiger partial charge in [-0.15, -0.1) is 0 Å². The minimum atomic E-state index is -0.184. The van der Waals surface area contributed by atoms with Gasteiger partial charge in [0.1, 0.15) is 18.5 Å². The number of hydrogen-bond donors (Lipinski definition) is 1. The molecule has 0 fully saturated rings. The average molecular weight is 352 g/mol. The number of carbonyl (C=O) groups is 1. The summed E-state index contributed by atoms with van der Waals surface area (Å²) in [6.07, 6.45) is 2.93. The summed E-state index contributed by atoms with van der Waals surface area (Å²) in [7, 11) is 1.97. The molecule has 1 N–H and O–H groups in total. The molecule has 2 aromatic rings. The molecule has 0 aliphatic heterocycles. The van der Waals surface area contributed by atoms with Crippen molar-refractivity contribution >= 4 is 11.7 Å². The van der Waals surface area contributed by atoms with Crippen LogP contribution in [0.15, 0.2) is 61.4 Å². The number of hydrogen-bond acceptors (Lipinski definition) is 5. The third-order valence-corrected chi connectivity index (χ3v) is 3.35. The highest BCUT2D eigenvalue weighted by Gasteiger charge is 1.99. The van der Waals surface area contributed by atoms with Gasteiger partial charge in [-0.1, -0.05) is 36.9 Å². The molecule has 26 heavy (non-hydrogen) atoms. The molecule has 0 atom stereocenters. The monoisotopic (exact) mass is 352 g/mol. The van der Waals surface area contributed by atoms with Crippen molar-refractivity contribution in [3.63, 3.8) is 0 Å². The summed E-state index contributed by atoms with van der Waals surface area (Å²) in [5.41, 5.74) is 1.65. The topological polar surface area (TPSA) is 78.2 Å². The predicted molar refractivity (Wildman–Crippen MR) is 102 cm³/mol. The van der Waals surface area contributed by atoms with Crippen LogP contribution >= 0.6 is 0 Å². The number of benzene rings is 1. The number of pyridine rings is 1. The van der Waals surface area contributed by atoms with E-state index >= 15 is 0 Å². The standard InChI is InChI=1S/C11H13NO2.C9H11N3/c1-2-12-11(13)9-14-8-10-6-4-3-5-7-10;1-3-12(2)9-5-4-8(6-10)7-11-9/h2-7H,1,8-9H2,(H,12,13);4-5,7H,3H2,1-2H3. The van der Waals surface area contributed by atoms with Gasteiger partial charge in [0.25, 0.3) is 0 Å². The van der Waals surface area contributed by atoms with Crippen molar-refractivity contribution in [1.82, 2.24) is 10.3 Å². The van der Waals surface area contributed by atoms with Crippen molar-refractivity contribution in [3.8, 4) is 6.07 Å². The fraction of sp³-hybridized carbons (Fsp3) is 0.250. The summed E-state index contributed by atoms with van der Waals surface area (Å²) >= 11 is 0. The van der Waals surface area contributed by atoms with Crippen LogP contribution in [0.3, 0.4) is 0 Å². The highest BCUT2D eigenvalue weighted by atomic mass is 16.5. The highest BCUT2D eigenvalue weighted by Crippen LogP contribution is 2.07. The minimum absolute atomic E-state index is 0.0565. The fourth-order valence-electron chi connectivity index (χ4n) is 1.83. The number of nitrogens with one attached hydrogen (secondary N) is 1. The largest absolute Gasteiger partial charge is 0.367 e. The molecule has 1 amide bonds. The Bertz CT molecular complexity index is 709. The van der Waals surface area contributed by atoms with E-state index in [0.29, 0.717) is 12.2 Å². The van der Waals surface area contributed by atoms with Crippen molar-refractivity contribution < 1.29 is 9.53 Å². The Morgan fingerprint density at radius 2 is 2.08 bits per heavy atom. The SMILES string of the molecule is C=CNC(=O)COCc1ccccc1.CCN(C)c1ccc(C#N)cn1. The lowest BCUT2D eigenvalue weighted by Crippen LogP contribution is -2.22. The Balaban J connectivity index is 0.000000263. The smallest absolute Gasteiger partial charge is 0.249 e. The maximum atomic E-state index is 10.9. The number of ether oxygens (including phenoxy) is 1. The van der Waals surface area contributed by atoms with Gasteiger partial charge in [0.2, 0.25) is 5.91 Å². The van der Waals surface area contributed by atoms with Crippen LogP contribution in [0.5, 0.6) is 0 Å². The first-order valence-corrected chi connectivity index (χ1v) is 8.20. The molecular weight excluding hydrogens is 328 g/mol. The summed E-state index contributed by atoms with van der Waals surface area (Å²) in [5.74, 6) is 0.715. The molecule has 136 valence electrons. The van der Waals surface area contributed by atoms with E-state index in [9.17, 15) is 4.79 Å². The first-order chi connectivity index (χ1) is 12.6. The average Bonchev–Trinajstić information content (AvgIpc) is 2.69. The number of amides is 1. The number of nitrogens with zero attached hydrogens (tertiary/aromatic N) is 3. The van der Waals surface area contributed by atoms with Gasteiger partial charge in [0.15, 0.2) is 0 Å². The Morgan fingerprint density at radius 3 is 2.62 bits per heavy atom. The second kappa shape index (κ2) is 12.2. The quantitative estimate of drug-likeness (QED) is 0.829. The van der Waals surface area contributed by atoms with E-state index in [1.54, 1.807) is 12.3 Å². The maximum Gasteiger partial charge on any atom is 0.249 e. The van der Waals surface area contributed by atoms with E-state index in [0.717, 1.165) is 17.9 Å². The molecule has 1 aromatic heterocycles. The molecule has 0 spiro atoms. The van der Waals surface area contributed by atoms with Crippen LogP contribution in [0.2, 0.25) is 0 Å². The van der Waals surface area contributed by atoms with E-state index in [-0.39, 0.29) is 12.5 Å². The van der Waals surface area contributed by atoms with Gasteiger partial charge in [-0.05, 0) is 30.8 Å². The third-order valence-electron chi connectivity index (χ3n) is 3.35. The number of aromatic nitrogens is 1. The molecule has 0 saturated heterocycles. The minimum Gasteiger partial charge on any atom is -0.367 e. The summed E-state index contributed by atoms with van der Waals surface area (Å²) in [6, 6.07) is 15.4. The van der Waals surface area contributed by atoms with Crippen molar-refractivity contribution in [3.05, 3.63) is 72.6 Å². The van der Waals surface area contributed by atoms with Crippen molar-refractivity contribution in [2.75, 3.05) is 25.1 Å². The lowest BCUT2D eigenvalue weighted by molar-refractivity contribution is -0.125. The van der Waals surface area contributed by atoms with Crippen molar-refractivity contribution in [1.29, 1.82) is 5.26 Å². The summed E-state index contributed by atoms with van der Waals surface area (Å²) in [6.45, 7) is 6.86. The molecule has 6 nitrogen and oxygen atoms in total. The Hall–Kier alpha value is -3.17. The maximum absolute atomic E-state index is 10.9. The van der Waals surface area contributed by atoms with Gasteiger partial charge in [0.05, 0.1) is 12.2 Å². The molecular formula is C20H24N4O2. The van der Waals surface area contributed by atoms with Gasteiger partial charge < -0.3 is 15.0 Å². The molecule has 0 aliphatic carbocycles. The van der Waals surface area contributed by atoms with Gasteiger partial charge in [-0.3, -0.25) is 4.79 Å². The zero-order chi connectivity index (χ0) is 19.2. The lowest BCUT2D eigenvalue weighted by atomic mass is 10.2. The second-order valence-electron chi connectivity index (χ2n) is 5.28. The van der Waals surface area contributed by atoms with E-state index in [1.165, 1.54) is 6.20 Å². The first-order valence-electron chi connectivity index (χ1n) is 8.20. The second-order valence-corrected chi connectivity index (χ2v) is 5.28. The zero-order valence-electron chi connectivity index (χ0n) is 15.2. The van der Waals surface area contributed by atoms with Gasteiger partial charge in [0, 0.05) is 19.8 Å².